The summed E-state index contributed by atoms with van der Waals surface area (Å²) in [6.45, 7) is 0. The second-order valence-electron chi connectivity index (χ2n) is 5.66. The molecule has 120 valence electrons. The minimum Gasteiger partial charge on any atom is -0.456 e. The molecule has 4 aromatic rings. The molecule has 25 heavy (non-hydrogen) atoms. The van der Waals surface area contributed by atoms with Gasteiger partial charge in [-0.15, -0.1) is 0 Å². The Morgan fingerprint density at radius 1 is 0.920 bits per heavy atom. The summed E-state index contributed by atoms with van der Waals surface area (Å²) in [5, 5.41) is 10.4. The number of hydrogen-bond donors (Lipinski definition) is 1. The number of rotatable bonds is 3. The van der Waals surface area contributed by atoms with Crippen molar-refractivity contribution in [2.24, 2.45) is 0 Å². The van der Waals surface area contributed by atoms with E-state index in [1.165, 1.54) is 0 Å². The molecule has 1 aromatic heterocycles. The number of nitrogens with zero attached hydrogens (tertiary/aromatic N) is 1. The van der Waals surface area contributed by atoms with Crippen molar-refractivity contribution in [2.45, 2.75) is 0 Å². The molecule has 0 unspecified atom stereocenters. The van der Waals surface area contributed by atoms with E-state index in [1.54, 1.807) is 18.2 Å². The maximum absolute atomic E-state index is 8.90. The van der Waals surface area contributed by atoms with Crippen molar-refractivity contribution in [3.8, 4) is 28.8 Å². The first kappa shape index (κ1) is 15.3. The molecule has 0 saturated carbocycles. The lowest BCUT2D eigenvalue weighted by atomic mass is 10.1. The normalized spacial score (nSPS) is 10.6. The van der Waals surface area contributed by atoms with Gasteiger partial charge in [-0.3, -0.25) is 0 Å². The molecular formula is C21H13ClN2O. The quantitative estimate of drug-likeness (QED) is 0.484. The number of aromatic nitrogens is 1. The molecular weight excluding hydrogens is 332 g/mol. The number of hydrogen-bond acceptors (Lipinski definition) is 2. The van der Waals surface area contributed by atoms with E-state index in [2.05, 4.69) is 29.3 Å². The minimum atomic E-state index is 0.415. The lowest BCUT2D eigenvalue weighted by Gasteiger charge is -2.07. The van der Waals surface area contributed by atoms with Crippen molar-refractivity contribution >= 4 is 22.5 Å². The molecule has 0 aliphatic carbocycles. The number of benzene rings is 3. The van der Waals surface area contributed by atoms with Gasteiger partial charge in [0.2, 0.25) is 0 Å². The van der Waals surface area contributed by atoms with E-state index in [1.807, 2.05) is 36.4 Å². The molecule has 0 aliphatic heterocycles. The zero-order chi connectivity index (χ0) is 17.2. The number of aromatic amines is 1. The van der Waals surface area contributed by atoms with Crippen LogP contribution in [0.1, 0.15) is 5.56 Å². The Kier molecular flexibility index (Phi) is 3.89. The molecule has 0 amide bonds. The van der Waals surface area contributed by atoms with Crippen molar-refractivity contribution in [1.82, 2.24) is 4.98 Å². The van der Waals surface area contributed by atoms with Gasteiger partial charge in [0.15, 0.2) is 0 Å². The van der Waals surface area contributed by atoms with Crippen LogP contribution in [0.3, 0.4) is 0 Å². The molecule has 4 rings (SSSR count). The Bertz CT molecular complexity index is 1090. The van der Waals surface area contributed by atoms with Crippen LogP contribution >= 0.6 is 11.6 Å². The zero-order valence-electron chi connectivity index (χ0n) is 13.2. The Morgan fingerprint density at radius 2 is 1.76 bits per heavy atom. The molecule has 0 fully saturated rings. The van der Waals surface area contributed by atoms with Gasteiger partial charge in [-0.05, 0) is 48.0 Å². The standard InChI is InChI=1S/C21H13ClN2O/c22-18-10-14(13-23)6-9-21(18)25-17-7-8-19-16(11-17)12-20(24-19)15-4-2-1-3-5-15/h1-12,24H. The van der Waals surface area contributed by atoms with Crippen LogP contribution in [0.5, 0.6) is 11.5 Å². The molecule has 3 aromatic carbocycles. The first-order valence-corrected chi connectivity index (χ1v) is 8.16. The minimum absolute atomic E-state index is 0.415. The molecule has 0 radical (unpaired) electrons. The van der Waals surface area contributed by atoms with Crippen LogP contribution in [0.4, 0.5) is 0 Å². The van der Waals surface area contributed by atoms with E-state index < -0.39 is 0 Å². The maximum Gasteiger partial charge on any atom is 0.146 e. The topological polar surface area (TPSA) is 48.8 Å². The first-order chi connectivity index (χ1) is 12.2. The van der Waals surface area contributed by atoms with Gasteiger partial charge in [0, 0.05) is 16.6 Å². The number of halogens is 1. The number of ether oxygens (including phenoxy) is 1. The third-order valence-electron chi connectivity index (χ3n) is 3.97. The average molecular weight is 345 g/mol. The molecule has 0 saturated heterocycles. The van der Waals surface area contributed by atoms with Crippen LogP contribution in [-0.4, -0.2) is 4.98 Å². The van der Waals surface area contributed by atoms with Crippen LogP contribution in [0.15, 0.2) is 72.8 Å². The van der Waals surface area contributed by atoms with Crippen LogP contribution in [0.25, 0.3) is 22.2 Å². The summed E-state index contributed by atoms with van der Waals surface area (Å²) >= 11 is 6.18. The van der Waals surface area contributed by atoms with Crippen molar-refractivity contribution in [2.75, 3.05) is 0 Å². The summed E-state index contributed by atoms with van der Waals surface area (Å²) in [6.07, 6.45) is 0. The Labute approximate surface area is 150 Å². The van der Waals surface area contributed by atoms with Crippen LogP contribution in [0.2, 0.25) is 5.02 Å². The van der Waals surface area contributed by atoms with E-state index in [0.717, 1.165) is 22.2 Å². The van der Waals surface area contributed by atoms with E-state index in [9.17, 15) is 0 Å². The van der Waals surface area contributed by atoms with Gasteiger partial charge < -0.3 is 9.72 Å². The van der Waals surface area contributed by atoms with E-state index in [-0.39, 0.29) is 0 Å². The summed E-state index contributed by atoms with van der Waals surface area (Å²) < 4.78 is 5.88. The third-order valence-corrected chi connectivity index (χ3v) is 4.26. The van der Waals surface area contributed by atoms with Gasteiger partial charge >= 0.3 is 0 Å². The third kappa shape index (κ3) is 3.08. The number of nitrogens with one attached hydrogen (secondary N) is 1. The van der Waals surface area contributed by atoms with E-state index in [0.29, 0.717) is 22.1 Å². The Morgan fingerprint density at radius 3 is 2.52 bits per heavy atom. The van der Waals surface area contributed by atoms with Gasteiger partial charge in [-0.2, -0.15) is 5.26 Å². The summed E-state index contributed by atoms with van der Waals surface area (Å²) in [7, 11) is 0. The zero-order valence-corrected chi connectivity index (χ0v) is 13.9. The fraction of sp³-hybridized carbons (Fsp3) is 0. The Hall–Kier alpha value is -3.22. The number of fused-ring (bicyclic) bond motifs is 1. The van der Waals surface area contributed by atoms with Crippen molar-refractivity contribution in [1.29, 1.82) is 5.26 Å². The predicted molar refractivity (Wildman–Crippen MR) is 100.0 cm³/mol. The highest BCUT2D eigenvalue weighted by Gasteiger charge is 2.07. The van der Waals surface area contributed by atoms with Gasteiger partial charge in [0.1, 0.15) is 11.5 Å². The van der Waals surface area contributed by atoms with Crippen molar-refractivity contribution < 1.29 is 4.74 Å². The van der Waals surface area contributed by atoms with Gasteiger partial charge in [0.05, 0.1) is 16.7 Å². The summed E-state index contributed by atoms with van der Waals surface area (Å²) in [6, 6.07) is 25.1. The van der Waals surface area contributed by atoms with Gasteiger partial charge in [-0.1, -0.05) is 41.9 Å². The highest BCUT2D eigenvalue weighted by atomic mass is 35.5. The van der Waals surface area contributed by atoms with Crippen molar-refractivity contribution in [3.63, 3.8) is 0 Å². The second kappa shape index (κ2) is 6.35. The average Bonchev–Trinajstić information content (AvgIpc) is 3.07. The monoisotopic (exact) mass is 344 g/mol. The lowest BCUT2D eigenvalue weighted by Crippen LogP contribution is -1.86. The molecule has 0 aliphatic rings. The molecule has 4 heteroatoms. The van der Waals surface area contributed by atoms with Crippen LogP contribution < -0.4 is 4.74 Å². The molecule has 0 spiro atoms. The first-order valence-electron chi connectivity index (χ1n) is 7.78. The SMILES string of the molecule is N#Cc1ccc(Oc2ccc3[nH]c(-c4ccccc4)cc3c2)c(Cl)c1. The van der Waals surface area contributed by atoms with E-state index in [4.69, 9.17) is 21.6 Å². The smallest absolute Gasteiger partial charge is 0.146 e. The summed E-state index contributed by atoms with van der Waals surface area (Å²) in [5.41, 5.74) is 3.74. The van der Waals surface area contributed by atoms with Gasteiger partial charge in [0.25, 0.3) is 0 Å². The predicted octanol–water partition coefficient (Wildman–Crippen LogP) is 6.15. The van der Waals surface area contributed by atoms with E-state index >= 15 is 0 Å². The molecule has 0 atom stereocenters. The highest BCUT2D eigenvalue weighted by molar-refractivity contribution is 6.32. The van der Waals surface area contributed by atoms with Crippen LogP contribution in [-0.2, 0) is 0 Å². The van der Waals surface area contributed by atoms with Crippen molar-refractivity contribution in [3.05, 3.63) is 83.4 Å². The molecule has 0 bridgehead atoms. The molecule has 1 N–H and O–H groups in total. The largest absolute Gasteiger partial charge is 0.456 e. The molecule has 1 heterocycles. The summed E-state index contributed by atoms with van der Waals surface area (Å²) in [4.78, 5) is 3.41. The number of H-pyrrole nitrogens is 1. The summed E-state index contributed by atoms with van der Waals surface area (Å²) in [5.74, 6) is 1.22. The van der Waals surface area contributed by atoms with Crippen LogP contribution in [0, 0.1) is 11.3 Å². The fourth-order valence-electron chi connectivity index (χ4n) is 2.73. The Balaban J connectivity index is 1.67. The second-order valence-corrected chi connectivity index (χ2v) is 6.06. The number of nitriles is 1. The molecule has 3 nitrogen and oxygen atoms in total. The fourth-order valence-corrected chi connectivity index (χ4v) is 2.95. The van der Waals surface area contributed by atoms with Gasteiger partial charge in [-0.25, -0.2) is 0 Å². The maximum atomic E-state index is 8.90. The highest BCUT2D eigenvalue weighted by Crippen LogP contribution is 2.32. The lowest BCUT2D eigenvalue weighted by molar-refractivity contribution is 0.483.